The van der Waals surface area contributed by atoms with E-state index in [4.69, 9.17) is 9.47 Å². The van der Waals surface area contributed by atoms with Gasteiger partial charge in [-0.3, -0.25) is 0 Å². The highest BCUT2D eigenvalue weighted by Gasteiger charge is 2.11. The van der Waals surface area contributed by atoms with E-state index in [1.54, 1.807) is 24.8 Å². The van der Waals surface area contributed by atoms with Crippen molar-refractivity contribution in [2.24, 2.45) is 0 Å². The molecule has 0 radical (unpaired) electrons. The highest BCUT2D eigenvalue weighted by Crippen LogP contribution is 2.05. The Labute approximate surface area is 141 Å². The Kier molecular flexibility index (Phi) is 9.63. The van der Waals surface area contributed by atoms with Gasteiger partial charge in [0.2, 0.25) is 0 Å². The molecule has 0 bridgehead atoms. The van der Waals surface area contributed by atoms with E-state index in [2.05, 4.69) is 5.32 Å². The highest BCUT2D eigenvalue weighted by molar-refractivity contribution is 7.98. The Morgan fingerprint density at radius 1 is 1.26 bits per heavy atom. The summed E-state index contributed by atoms with van der Waals surface area (Å²) in [6.07, 6.45) is 5.16. The van der Waals surface area contributed by atoms with E-state index < -0.39 is 12.1 Å². The molecule has 0 saturated carbocycles. The summed E-state index contributed by atoms with van der Waals surface area (Å²) >= 11 is 1.67. The molecule has 1 atom stereocenters. The van der Waals surface area contributed by atoms with Crippen molar-refractivity contribution >= 4 is 23.8 Å². The molecule has 0 heterocycles. The van der Waals surface area contributed by atoms with Gasteiger partial charge in [0.05, 0.1) is 12.6 Å². The third-order valence-corrected chi connectivity index (χ3v) is 3.54. The molecule has 1 unspecified atom stereocenters. The van der Waals surface area contributed by atoms with Gasteiger partial charge in [-0.1, -0.05) is 36.4 Å². The second kappa shape index (κ2) is 11.6. The molecule has 0 spiro atoms. The largest absolute Gasteiger partial charge is 0.463 e. The van der Waals surface area contributed by atoms with Gasteiger partial charge in [0.15, 0.2) is 0 Å². The normalized spacial score (nSPS) is 11.9. The van der Waals surface area contributed by atoms with Crippen LogP contribution in [0.4, 0.5) is 4.79 Å². The van der Waals surface area contributed by atoms with Crippen LogP contribution in [0, 0.1) is 0 Å². The van der Waals surface area contributed by atoms with Crippen LogP contribution < -0.4 is 5.32 Å². The minimum Gasteiger partial charge on any atom is -0.463 e. The SMILES string of the molecule is CCOC(=O)/C=C/C(CCSC)NC(=O)OCc1ccccc1. The highest BCUT2D eigenvalue weighted by atomic mass is 32.2. The Balaban J connectivity index is 2.47. The number of carbonyl (C=O) groups excluding carboxylic acids is 2. The molecule has 1 aromatic carbocycles. The van der Waals surface area contributed by atoms with Crippen molar-refractivity contribution in [2.75, 3.05) is 18.6 Å². The van der Waals surface area contributed by atoms with Crippen LogP contribution in [-0.4, -0.2) is 36.7 Å². The quantitative estimate of drug-likeness (QED) is 0.554. The van der Waals surface area contributed by atoms with Crippen molar-refractivity contribution in [3.8, 4) is 0 Å². The van der Waals surface area contributed by atoms with Crippen LogP contribution in [0.25, 0.3) is 0 Å². The molecule has 0 aliphatic rings. The van der Waals surface area contributed by atoms with E-state index in [0.717, 1.165) is 11.3 Å². The van der Waals surface area contributed by atoms with Crippen molar-refractivity contribution in [2.45, 2.75) is 26.0 Å². The van der Waals surface area contributed by atoms with Crippen LogP contribution in [0.2, 0.25) is 0 Å². The Hall–Kier alpha value is -1.95. The number of thioether (sulfide) groups is 1. The molecular weight excluding hydrogens is 314 g/mol. The van der Waals surface area contributed by atoms with Crippen LogP contribution in [0.15, 0.2) is 42.5 Å². The second-order valence-corrected chi connectivity index (χ2v) is 5.69. The molecule has 1 amide bonds. The Morgan fingerprint density at radius 2 is 2.00 bits per heavy atom. The fourth-order valence-corrected chi connectivity index (χ4v) is 2.25. The number of hydrogen-bond acceptors (Lipinski definition) is 5. The van der Waals surface area contributed by atoms with Gasteiger partial charge in [-0.25, -0.2) is 9.59 Å². The van der Waals surface area contributed by atoms with Gasteiger partial charge in [-0.2, -0.15) is 11.8 Å². The van der Waals surface area contributed by atoms with E-state index in [1.807, 2.05) is 36.6 Å². The van der Waals surface area contributed by atoms with Crippen LogP contribution in [0.3, 0.4) is 0 Å². The van der Waals surface area contributed by atoms with Gasteiger partial charge in [0.25, 0.3) is 0 Å². The minimum atomic E-state index is -0.506. The fourth-order valence-electron chi connectivity index (χ4n) is 1.76. The maximum atomic E-state index is 11.9. The molecule has 0 aromatic heterocycles. The van der Waals surface area contributed by atoms with Crippen molar-refractivity contribution in [1.82, 2.24) is 5.32 Å². The Bertz CT molecular complexity index is 505. The molecular formula is C17H23NO4S. The molecule has 1 aromatic rings. The number of alkyl carbamates (subject to hydrolysis) is 1. The minimum absolute atomic E-state index is 0.212. The van der Waals surface area contributed by atoms with Crippen LogP contribution >= 0.6 is 11.8 Å². The number of esters is 1. The molecule has 23 heavy (non-hydrogen) atoms. The average molecular weight is 337 g/mol. The molecule has 6 heteroatoms. The fraction of sp³-hybridized carbons (Fsp3) is 0.412. The molecule has 0 saturated heterocycles. The topological polar surface area (TPSA) is 64.6 Å². The zero-order chi connectivity index (χ0) is 16.9. The number of hydrogen-bond donors (Lipinski definition) is 1. The van der Waals surface area contributed by atoms with Crippen LogP contribution in [0.1, 0.15) is 18.9 Å². The molecule has 0 fully saturated rings. The number of nitrogens with one attached hydrogen (secondary N) is 1. The lowest BCUT2D eigenvalue weighted by Gasteiger charge is -2.14. The summed E-state index contributed by atoms with van der Waals surface area (Å²) in [5, 5.41) is 2.75. The zero-order valence-corrected chi connectivity index (χ0v) is 14.3. The summed E-state index contributed by atoms with van der Waals surface area (Å²) in [6.45, 7) is 2.28. The smallest absolute Gasteiger partial charge is 0.407 e. The molecule has 126 valence electrons. The van der Waals surface area contributed by atoms with E-state index in [-0.39, 0.29) is 12.6 Å². The first-order chi connectivity index (χ1) is 11.2. The lowest BCUT2D eigenvalue weighted by Crippen LogP contribution is -2.34. The Morgan fingerprint density at radius 3 is 2.65 bits per heavy atom. The number of benzene rings is 1. The molecule has 5 nitrogen and oxygen atoms in total. The van der Waals surface area contributed by atoms with Crippen LogP contribution in [0.5, 0.6) is 0 Å². The van der Waals surface area contributed by atoms with Crippen molar-refractivity contribution in [3.05, 3.63) is 48.0 Å². The summed E-state index contributed by atoms with van der Waals surface area (Å²) < 4.78 is 10.0. The first-order valence-electron chi connectivity index (χ1n) is 7.46. The lowest BCUT2D eigenvalue weighted by molar-refractivity contribution is -0.137. The monoisotopic (exact) mass is 337 g/mol. The predicted octanol–water partition coefficient (Wildman–Crippen LogP) is 3.15. The van der Waals surface area contributed by atoms with E-state index >= 15 is 0 Å². The van der Waals surface area contributed by atoms with E-state index in [9.17, 15) is 9.59 Å². The number of rotatable bonds is 9. The maximum absolute atomic E-state index is 11.9. The predicted molar refractivity (Wildman–Crippen MR) is 92.3 cm³/mol. The second-order valence-electron chi connectivity index (χ2n) is 4.71. The van der Waals surface area contributed by atoms with Gasteiger partial charge in [0.1, 0.15) is 6.61 Å². The summed E-state index contributed by atoms with van der Waals surface area (Å²) in [5.41, 5.74) is 0.922. The van der Waals surface area contributed by atoms with E-state index in [1.165, 1.54) is 6.08 Å². The lowest BCUT2D eigenvalue weighted by atomic mass is 10.2. The van der Waals surface area contributed by atoms with Crippen LogP contribution in [-0.2, 0) is 20.9 Å². The number of amides is 1. The zero-order valence-electron chi connectivity index (χ0n) is 13.5. The first kappa shape index (κ1) is 19.1. The third-order valence-electron chi connectivity index (χ3n) is 2.90. The number of ether oxygens (including phenoxy) is 2. The maximum Gasteiger partial charge on any atom is 0.407 e. The molecule has 0 aliphatic heterocycles. The van der Waals surface area contributed by atoms with Gasteiger partial charge in [-0.15, -0.1) is 0 Å². The molecule has 1 N–H and O–H groups in total. The average Bonchev–Trinajstić information content (AvgIpc) is 2.56. The standard InChI is InChI=1S/C17H23NO4S/c1-3-21-16(19)10-9-15(11-12-23-2)18-17(20)22-13-14-7-5-4-6-8-14/h4-10,15H,3,11-13H2,1-2H3,(H,18,20)/b10-9+. The molecule has 1 rings (SSSR count). The summed E-state index contributed by atoms with van der Waals surface area (Å²) in [6, 6.07) is 9.19. The summed E-state index contributed by atoms with van der Waals surface area (Å²) in [5.74, 6) is 0.442. The van der Waals surface area contributed by atoms with Gasteiger partial charge >= 0.3 is 12.1 Å². The van der Waals surface area contributed by atoms with Crippen molar-refractivity contribution in [3.63, 3.8) is 0 Å². The van der Waals surface area contributed by atoms with Gasteiger partial charge < -0.3 is 14.8 Å². The van der Waals surface area contributed by atoms with Crippen molar-refractivity contribution < 1.29 is 19.1 Å². The third kappa shape index (κ3) is 8.93. The summed E-state index contributed by atoms with van der Waals surface area (Å²) in [4.78, 5) is 23.2. The number of carbonyl (C=O) groups is 2. The first-order valence-corrected chi connectivity index (χ1v) is 8.86. The summed E-state index contributed by atoms with van der Waals surface area (Å²) in [7, 11) is 0. The molecule has 0 aliphatic carbocycles. The van der Waals surface area contributed by atoms with Crippen molar-refractivity contribution in [1.29, 1.82) is 0 Å². The van der Waals surface area contributed by atoms with E-state index in [0.29, 0.717) is 13.0 Å². The van der Waals surface area contributed by atoms with Gasteiger partial charge in [0, 0.05) is 6.08 Å². The van der Waals surface area contributed by atoms with Gasteiger partial charge in [-0.05, 0) is 30.9 Å².